The third-order valence-electron chi connectivity index (χ3n) is 7.01. The minimum atomic E-state index is -0.0101. The van der Waals surface area contributed by atoms with E-state index in [2.05, 4.69) is 20.8 Å². The summed E-state index contributed by atoms with van der Waals surface area (Å²) in [6.07, 6.45) is 27.0. The van der Waals surface area contributed by atoms with Crippen LogP contribution in [0.15, 0.2) is 0 Å². The number of hydrogen-bond acceptors (Lipinski definition) is 4. The van der Waals surface area contributed by atoms with Gasteiger partial charge in [0.25, 0.3) is 0 Å². The molecule has 0 fully saturated rings. The van der Waals surface area contributed by atoms with Gasteiger partial charge in [-0.2, -0.15) is 0 Å². The highest BCUT2D eigenvalue weighted by molar-refractivity contribution is 5.72. The molecule has 4 nitrogen and oxygen atoms in total. The lowest BCUT2D eigenvalue weighted by Gasteiger charge is -2.14. The van der Waals surface area contributed by atoms with E-state index in [4.69, 9.17) is 9.47 Å². The molecule has 0 saturated heterocycles. The van der Waals surface area contributed by atoms with Gasteiger partial charge in [-0.05, 0) is 32.1 Å². The quantitative estimate of drug-likeness (QED) is 0.0838. The molecular weight excluding hydrogens is 436 g/mol. The van der Waals surface area contributed by atoms with Gasteiger partial charge in [0.05, 0.1) is 19.1 Å². The SMILES string of the molecule is CCCCCOC(=O)CCCCCCCCCCCCCCCCC(CC)C(=O)OCCCCC. The van der Waals surface area contributed by atoms with Gasteiger partial charge in [-0.3, -0.25) is 9.59 Å². The molecule has 0 aliphatic rings. The molecule has 0 aromatic rings. The Hall–Kier alpha value is -1.06. The third-order valence-corrected chi connectivity index (χ3v) is 7.01. The summed E-state index contributed by atoms with van der Waals surface area (Å²) in [4.78, 5) is 23.8. The monoisotopic (exact) mass is 496 g/mol. The largest absolute Gasteiger partial charge is 0.466 e. The molecule has 0 N–H and O–H groups in total. The van der Waals surface area contributed by atoms with Gasteiger partial charge in [-0.25, -0.2) is 0 Å². The van der Waals surface area contributed by atoms with E-state index < -0.39 is 0 Å². The van der Waals surface area contributed by atoms with Crippen molar-refractivity contribution in [2.24, 2.45) is 5.92 Å². The van der Waals surface area contributed by atoms with E-state index in [1.165, 1.54) is 70.6 Å². The number of rotatable bonds is 27. The summed E-state index contributed by atoms with van der Waals surface area (Å²) < 4.78 is 10.7. The van der Waals surface area contributed by atoms with Crippen LogP contribution in [0.2, 0.25) is 0 Å². The first-order chi connectivity index (χ1) is 17.2. The molecule has 0 aromatic heterocycles. The highest BCUT2D eigenvalue weighted by Crippen LogP contribution is 2.18. The molecule has 0 saturated carbocycles. The molecule has 1 unspecified atom stereocenters. The second kappa shape index (κ2) is 27.5. The minimum absolute atomic E-state index is 0.0101. The molecule has 0 radical (unpaired) electrons. The summed E-state index contributed by atoms with van der Waals surface area (Å²) in [5.74, 6) is 0.124. The zero-order chi connectivity index (χ0) is 25.8. The first-order valence-electron chi connectivity index (χ1n) is 15.5. The average Bonchev–Trinajstić information content (AvgIpc) is 2.86. The average molecular weight is 497 g/mol. The Balaban J connectivity index is 3.34. The van der Waals surface area contributed by atoms with Crippen molar-refractivity contribution in [2.45, 2.75) is 168 Å². The molecular formula is C31H60O4. The number of esters is 2. The van der Waals surface area contributed by atoms with Crippen LogP contribution in [-0.2, 0) is 19.1 Å². The van der Waals surface area contributed by atoms with Crippen LogP contribution in [0.5, 0.6) is 0 Å². The van der Waals surface area contributed by atoms with E-state index >= 15 is 0 Å². The van der Waals surface area contributed by atoms with Crippen molar-refractivity contribution in [1.29, 1.82) is 0 Å². The first-order valence-corrected chi connectivity index (χ1v) is 15.5. The number of ether oxygens (including phenoxy) is 2. The summed E-state index contributed by atoms with van der Waals surface area (Å²) in [6.45, 7) is 7.63. The minimum Gasteiger partial charge on any atom is -0.466 e. The fourth-order valence-electron chi connectivity index (χ4n) is 4.52. The Labute approximate surface area is 218 Å². The van der Waals surface area contributed by atoms with Gasteiger partial charge < -0.3 is 9.47 Å². The van der Waals surface area contributed by atoms with E-state index in [9.17, 15) is 9.59 Å². The molecule has 0 rings (SSSR count). The van der Waals surface area contributed by atoms with E-state index in [0.29, 0.717) is 19.6 Å². The summed E-state index contributed by atoms with van der Waals surface area (Å²) in [5.41, 5.74) is 0. The summed E-state index contributed by atoms with van der Waals surface area (Å²) in [5, 5.41) is 0. The highest BCUT2D eigenvalue weighted by atomic mass is 16.5. The zero-order valence-electron chi connectivity index (χ0n) is 23.9. The molecule has 0 aliphatic carbocycles. The van der Waals surface area contributed by atoms with Crippen molar-refractivity contribution in [3.05, 3.63) is 0 Å². The van der Waals surface area contributed by atoms with Gasteiger partial charge >= 0.3 is 11.9 Å². The molecule has 1 atom stereocenters. The molecule has 0 heterocycles. The molecule has 35 heavy (non-hydrogen) atoms. The maximum absolute atomic E-state index is 12.2. The second-order valence-corrected chi connectivity index (χ2v) is 10.4. The highest BCUT2D eigenvalue weighted by Gasteiger charge is 2.17. The van der Waals surface area contributed by atoms with Crippen molar-refractivity contribution in [1.82, 2.24) is 0 Å². The lowest BCUT2D eigenvalue weighted by Crippen LogP contribution is -2.17. The molecule has 0 spiro atoms. The molecule has 0 amide bonds. The number of carbonyl (C=O) groups excluding carboxylic acids is 2. The van der Waals surface area contributed by atoms with E-state index in [1.807, 2.05) is 0 Å². The molecule has 208 valence electrons. The maximum Gasteiger partial charge on any atom is 0.308 e. The van der Waals surface area contributed by atoms with Crippen LogP contribution in [0.25, 0.3) is 0 Å². The number of hydrogen-bond donors (Lipinski definition) is 0. The fraction of sp³-hybridized carbons (Fsp3) is 0.935. The molecule has 0 aliphatic heterocycles. The number of carbonyl (C=O) groups is 2. The van der Waals surface area contributed by atoms with Crippen molar-refractivity contribution in [2.75, 3.05) is 13.2 Å². The van der Waals surface area contributed by atoms with E-state index in [1.54, 1.807) is 0 Å². The second-order valence-electron chi connectivity index (χ2n) is 10.4. The zero-order valence-corrected chi connectivity index (χ0v) is 23.9. The summed E-state index contributed by atoms with van der Waals surface area (Å²) >= 11 is 0. The van der Waals surface area contributed by atoms with Gasteiger partial charge in [-0.15, -0.1) is 0 Å². The normalized spacial score (nSPS) is 12.0. The van der Waals surface area contributed by atoms with Crippen LogP contribution >= 0.6 is 0 Å². The van der Waals surface area contributed by atoms with E-state index in [-0.39, 0.29) is 17.9 Å². The summed E-state index contributed by atoms with van der Waals surface area (Å²) in [6, 6.07) is 0. The third kappa shape index (κ3) is 24.4. The topological polar surface area (TPSA) is 52.6 Å². The van der Waals surface area contributed by atoms with Gasteiger partial charge in [0, 0.05) is 6.42 Å². The maximum atomic E-state index is 12.2. The fourth-order valence-corrected chi connectivity index (χ4v) is 4.52. The van der Waals surface area contributed by atoms with Crippen LogP contribution in [0.3, 0.4) is 0 Å². The standard InChI is InChI=1S/C31H60O4/c1-4-7-23-27-34-30(32)26-22-20-18-16-14-12-10-9-11-13-15-17-19-21-25-29(6-3)31(33)35-28-24-8-5-2/h29H,4-28H2,1-3H3. The molecule has 0 aromatic carbocycles. The Morgan fingerprint density at radius 3 is 1.40 bits per heavy atom. The van der Waals surface area contributed by atoms with Crippen LogP contribution in [0.4, 0.5) is 0 Å². The first kappa shape index (κ1) is 33.9. The Bertz CT molecular complexity index is 463. The van der Waals surface area contributed by atoms with E-state index in [0.717, 1.165) is 70.6 Å². The lowest BCUT2D eigenvalue weighted by molar-refractivity contribution is -0.149. The van der Waals surface area contributed by atoms with Crippen LogP contribution in [-0.4, -0.2) is 25.2 Å². The Morgan fingerprint density at radius 2 is 0.943 bits per heavy atom. The van der Waals surface area contributed by atoms with Crippen molar-refractivity contribution < 1.29 is 19.1 Å². The van der Waals surface area contributed by atoms with Gasteiger partial charge in [0.15, 0.2) is 0 Å². The number of unbranched alkanes of at least 4 members (excludes halogenated alkanes) is 17. The van der Waals surface area contributed by atoms with Gasteiger partial charge in [0.1, 0.15) is 0 Å². The predicted molar refractivity (Wildman–Crippen MR) is 149 cm³/mol. The van der Waals surface area contributed by atoms with Crippen LogP contribution in [0.1, 0.15) is 168 Å². The van der Waals surface area contributed by atoms with Crippen LogP contribution in [0, 0.1) is 5.92 Å². The van der Waals surface area contributed by atoms with Gasteiger partial charge in [-0.1, -0.05) is 130 Å². The van der Waals surface area contributed by atoms with Crippen molar-refractivity contribution in [3.63, 3.8) is 0 Å². The lowest BCUT2D eigenvalue weighted by atomic mass is 9.97. The molecule has 0 bridgehead atoms. The Morgan fingerprint density at radius 1 is 0.514 bits per heavy atom. The van der Waals surface area contributed by atoms with Crippen molar-refractivity contribution >= 4 is 11.9 Å². The predicted octanol–water partition coefficient (Wildman–Crippen LogP) is 9.72. The van der Waals surface area contributed by atoms with Gasteiger partial charge in [0.2, 0.25) is 0 Å². The Kier molecular flexibility index (Phi) is 26.7. The van der Waals surface area contributed by atoms with Crippen LogP contribution < -0.4 is 0 Å². The summed E-state index contributed by atoms with van der Waals surface area (Å²) in [7, 11) is 0. The molecule has 4 heteroatoms. The smallest absolute Gasteiger partial charge is 0.308 e. The van der Waals surface area contributed by atoms with Crippen molar-refractivity contribution in [3.8, 4) is 0 Å².